The van der Waals surface area contributed by atoms with E-state index < -0.39 is 6.03 Å². The Morgan fingerprint density at radius 3 is 2.92 bits per heavy atom. The van der Waals surface area contributed by atoms with Gasteiger partial charge in [0.2, 0.25) is 5.91 Å². The zero-order chi connectivity index (χ0) is 18.1. The second-order valence-electron chi connectivity index (χ2n) is 5.11. The number of anilines is 2. The first-order valence-electron chi connectivity index (χ1n) is 7.60. The summed E-state index contributed by atoms with van der Waals surface area (Å²) in [7, 11) is 1.62. The minimum atomic E-state index is -0.424. The van der Waals surface area contributed by atoms with E-state index in [-0.39, 0.29) is 12.3 Å². The van der Waals surface area contributed by atoms with Gasteiger partial charge in [0.05, 0.1) is 12.1 Å². The van der Waals surface area contributed by atoms with E-state index in [1.165, 1.54) is 11.3 Å². The molecule has 2 aromatic rings. The Labute approximate surface area is 154 Å². The number of halogens is 1. The summed E-state index contributed by atoms with van der Waals surface area (Å²) < 4.78 is 4.92. The summed E-state index contributed by atoms with van der Waals surface area (Å²) in [6.45, 7) is 1.16. The first-order chi connectivity index (χ1) is 12.1. The van der Waals surface area contributed by atoms with Crippen LogP contribution in [0.2, 0.25) is 5.02 Å². The maximum Gasteiger partial charge on any atom is 0.325 e. The van der Waals surface area contributed by atoms with Crippen LogP contribution in [0.5, 0.6) is 0 Å². The van der Waals surface area contributed by atoms with E-state index in [2.05, 4.69) is 20.9 Å². The largest absolute Gasteiger partial charge is 0.385 e. The number of urea groups is 1. The van der Waals surface area contributed by atoms with Gasteiger partial charge in [-0.25, -0.2) is 9.78 Å². The maximum atomic E-state index is 11.9. The highest BCUT2D eigenvalue weighted by molar-refractivity contribution is 7.14. The average molecular weight is 383 g/mol. The van der Waals surface area contributed by atoms with Gasteiger partial charge in [0, 0.05) is 36.4 Å². The fraction of sp³-hybridized carbons (Fsp3) is 0.312. The number of methoxy groups -OCH3 is 1. The molecule has 3 N–H and O–H groups in total. The SMILES string of the molecule is COCCCNC(=O)Cc1csc(NC(=O)Nc2cccc(Cl)c2)n1. The zero-order valence-corrected chi connectivity index (χ0v) is 15.2. The lowest BCUT2D eigenvalue weighted by molar-refractivity contribution is -0.120. The number of nitrogens with zero attached hydrogens (tertiary/aromatic N) is 1. The predicted molar refractivity (Wildman–Crippen MR) is 99.4 cm³/mol. The van der Waals surface area contributed by atoms with Gasteiger partial charge in [-0.3, -0.25) is 10.1 Å². The van der Waals surface area contributed by atoms with E-state index in [4.69, 9.17) is 16.3 Å². The van der Waals surface area contributed by atoms with E-state index in [1.54, 1.807) is 36.8 Å². The van der Waals surface area contributed by atoms with Crippen molar-refractivity contribution in [3.05, 3.63) is 40.4 Å². The van der Waals surface area contributed by atoms with Crippen molar-refractivity contribution in [2.75, 3.05) is 30.9 Å². The summed E-state index contributed by atoms with van der Waals surface area (Å²) in [6.07, 6.45) is 0.927. The van der Waals surface area contributed by atoms with Crippen LogP contribution in [0.4, 0.5) is 15.6 Å². The molecule has 7 nitrogen and oxygen atoms in total. The summed E-state index contributed by atoms with van der Waals surface area (Å²) in [5.74, 6) is -0.115. The number of carbonyl (C=O) groups is 2. The van der Waals surface area contributed by atoms with Crippen molar-refractivity contribution in [1.29, 1.82) is 0 Å². The van der Waals surface area contributed by atoms with Gasteiger partial charge in [0.1, 0.15) is 0 Å². The molecule has 0 spiro atoms. The molecule has 0 aliphatic carbocycles. The van der Waals surface area contributed by atoms with Gasteiger partial charge in [0.25, 0.3) is 0 Å². The van der Waals surface area contributed by atoms with Crippen LogP contribution in [0.3, 0.4) is 0 Å². The molecule has 25 heavy (non-hydrogen) atoms. The molecule has 0 fully saturated rings. The molecular weight excluding hydrogens is 364 g/mol. The van der Waals surface area contributed by atoms with Crippen LogP contribution in [0, 0.1) is 0 Å². The molecule has 3 amide bonds. The Bertz CT molecular complexity index is 723. The smallest absolute Gasteiger partial charge is 0.325 e. The minimum absolute atomic E-state index is 0.115. The molecule has 0 unspecified atom stereocenters. The Morgan fingerprint density at radius 1 is 1.32 bits per heavy atom. The van der Waals surface area contributed by atoms with E-state index in [1.807, 2.05) is 0 Å². The molecular formula is C16H19ClN4O3S. The van der Waals surface area contributed by atoms with E-state index >= 15 is 0 Å². The fourth-order valence-electron chi connectivity index (χ4n) is 1.94. The zero-order valence-electron chi connectivity index (χ0n) is 13.7. The second-order valence-corrected chi connectivity index (χ2v) is 6.40. The van der Waals surface area contributed by atoms with Gasteiger partial charge in [0.15, 0.2) is 5.13 Å². The number of ether oxygens (including phenoxy) is 1. The van der Waals surface area contributed by atoms with Crippen molar-refractivity contribution in [3.63, 3.8) is 0 Å². The van der Waals surface area contributed by atoms with Gasteiger partial charge in [-0.05, 0) is 24.6 Å². The van der Waals surface area contributed by atoms with Gasteiger partial charge in [-0.2, -0.15) is 0 Å². The van der Waals surface area contributed by atoms with E-state index in [9.17, 15) is 9.59 Å². The molecule has 0 saturated heterocycles. The van der Waals surface area contributed by atoms with Crippen molar-refractivity contribution in [3.8, 4) is 0 Å². The summed E-state index contributed by atoms with van der Waals surface area (Å²) in [6, 6.07) is 6.41. The number of carbonyl (C=O) groups excluding carboxylic acids is 2. The topological polar surface area (TPSA) is 92.4 Å². The van der Waals surface area contributed by atoms with Crippen molar-refractivity contribution in [1.82, 2.24) is 10.3 Å². The van der Waals surface area contributed by atoms with Crippen LogP contribution in [0.1, 0.15) is 12.1 Å². The number of amides is 3. The van der Waals surface area contributed by atoms with Crippen molar-refractivity contribution in [2.45, 2.75) is 12.8 Å². The van der Waals surface area contributed by atoms with Gasteiger partial charge in [-0.1, -0.05) is 17.7 Å². The maximum absolute atomic E-state index is 11.9. The Balaban J connectivity index is 1.78. The molecule has 134 valence electrons. The molecule has 9 heteroatoms. The number of aromatic nitrogens is 1. The monoisotopic (exact) mass is 382 g/mol. The molecule has 0 aliphatic heterocycles. The molecule has 0 atom stereocenters. The number of rotatable bonds is 8. The van der Waals surface area contributed by atoms with Crippen LogP contribution < -0.4 is 16.0 Å². The van der Waals surface area contributed by atoms with Crippen LogP contribution in [0.15, 0.2) is 29.6 Å². The first-order valence-corrected chi connectivity index (χ1v) is 8.86. The van der Waals surface area contributed by atoms with Crippen LogP contribution >= 0.6 is 22.9 Å². The van der Waals surface area contributed by atoms with Gasteiger partial charge >= 0.3 is 6.03 Å². The molecule has 0 bridgehead atoms. The summed E-state index contributed by atoms with van der Waals surface area (Å²) >= 11 is 7.12. The minimum Gasteiger partial charge on any atom is -0.385 e. The third-order valence-electron chi connectivity index (χ3n) is 3.04. The summed E-state index contributed by atoms with van der Waals surface area (Å²) in [5, 5.41) is 10.8. The highest BCUT2D eigenvalue weighted by Crippen LogP contribution is 2.18. The van der Waals surface area contributed by atoms with Crippen LogP contribution in [0.25, 0.3) is 0 Å². The Kier molecular flexibility index (Phi) is 7.65. The third kappa shape index (κ3) is 7.08. The van der Waals surface area contributed by atoms with Crippen molar-refractivity contribution >= 4 is 45.7 Å². The molecule has 1 heterocycles. The predicted octanol–water partition coefficient (Wildman–Crippen LogP) is 3.14. The lowest BCUT2D eigenvalue weighted by Gasteiger charge is -2.05. The summed E-state index contributed by atoms with van der Waals surface area (Å²) in [5.41, 5.74) is 1.18. The summed E-state index contributed by atoms with van der Waals surface area (Å²) in [4.78, 5) is 27.9. The fourth-order valence-corrected chi connectivity index (χ4v) is 2.84. The van der Waals surface area contributed by atoms with E-state index in [0.717, 1.165) is 6.42 Å². The molecule has 1 aromatic carbocycles. The third-order valence-corrected chi connectivity index (χ3v) is 4.09. The average Bonchev–Trinajstić information content (AvgIpc) is 2.98. The molecule has 0 radical (unpaired) electrons. The highest BCUT2D eigenvalue weighted by Gasteiger charge is 2.10. The normalized spacial score (nSPS) is 10.3. The first kappa shape index (κ1) is 19.2. The number of benzene rings is 1. The Hall–Kier alpha value is -2.16. The molecule has 2 rings (SSSR count). The quantitative estimate of drug-likeness (QED) is 0.611. The number of nitrogens with one attached hydrogen (secondary N) is 3. The lowest BCUT2D eigenvalue weighted by Crippen LogP contribution is -2.26. The molecule has 0 saturated carbocycles. The van der Waals surface area contributed by atoms with Crippen LogP contribution in [-0.2, 0) is 16.0 Å². The molecule has 0 aliphatic rings. The second kappa shape index (κ2) is 9.97. The van der Waals surface area contributed by atoms with E-state index in [0.29, 0.717) is 34.7 Å². The number of thiazole rings is 1. The molecule has 1 aromatic heterocycles. The standard InChI is InChI=1S/C16H19ClN4O3S/c1-24-7-3-6-18-14(22)9-13-10-25-16(20-13)21-15(23)19-12-5-2-4-11(17)8-12/h2,4-5,8,10H,3,6-7,9H2,1H3,(H,18,22)(H2,19,20,21,23). The number of hydrogen-bond donors (Lipinski definition) is 3. The number of hydrogen-bond acceptors (Lipinski definition) is 5. The van der Waals surface area contributed by atoms with Crippen molar-refractivity contribution in [2.24, 2.45) is 0 Å². The van der Waals surface area contributed by atoms with Crippen molar-refractivity contribution < 1.29 is 14.3 Å². The van der Waals surface area contributed by atoms with Gasteiger partial charge in [-0.15, -0.1) is 11.3 Å². The Morgan fingerprint density at radius 2 is 2.16 bits per heavy atom. The highest BCUT2D eigenvalue weighted by atomic mass is 35.5. The lowest BCUT2D eigenvalue weighted by atomic mass is 10.3. The van der Waals surface area contributed by atoms with Crippen LogP contribution in [-0.4, -0.2) is 37.2 Å². The van der Waals surface area contributed by atoms with Gasteiger partial charge < -0.3 is 15.4 Å².